The van der Waals surface area contributed by atoms with E-state index >= 15 is 0 Å². The Balaban J connectivity index is 2.23. The molecule has 1 aromatic carbocycles. The highest BCUT2D eigenvalue weighted by Gasteiger charge is 2.13. The summed E-state index contributed by atoms with van der Waals surface area (Å²) in [6, 6.07) is 8.40. The highest BCUT2D eigenvalue weighted by Crippen LogP contribution is 2.24. The molecule has 0 bridgehead atoms. The molecule has 0 saturated carbocycles. The van der Waals surface area contributed by atoms with Crippen LogP contribution in [0.5, 0.6) is 0 Å². The van der Waals surface area contributed by atoms with Crippen LogP contribution in [0.2, 0.25) is 0 Å². The molecule has 0 radical (unpaired) electrons. The average Bonchev–Trinajstić information content (AvgIpc) is 2.77. The lowest BCUT2D eigenvalue weighted by molar-refractivity contribution is 0.590. The number of nitrogens with zero attached hydrogens (tertiary/aromatic N) is 2. The molecule has 0 atom stereocenters. The first-order valence-electron chi connectivity index (χ1n) is 6.23. The molecule has 1 heterocycles. The van der Waals surface area contributed by atoms with Gasteiger partial charge in [0.05, 0.1) is 0 Å². The normalized spacial score (nSPS) is 11.8. The fourth-order valence-corrected chi connectivity index (χ4v) is 1.79. The van der Waals surface area contributed by atoms with Gasteiger partial charge in [-0.1, -0.05) is 45.0 Å². The summed E-state index contributed by atoms with van der Waals surface area (Å²) in [6.07, 6.45) is 0.729. The Morgan fingerprint density at radius 1 is 1.17 bits per heavy atom. The van der Waals surface area contributed by atoms with E-state index in [4.69, 9.17) is 5.73 Å². The van der Waals surface area contributed by atoms with Gasteiger partial charge in [-0.2, -0.15) is 5.10 Å². The fraction of sp³-hybridized carbons (Fsp3) is 0.429. The predicted octanol–water partition coefficient (Wildman–Crippen LogP) is 2.27. The van der Waals surface area contributed by atoms with E-state index in [2.05, 4.69) is 60.2 Å². The van der Waals surface area contributed by atoms with E-state index in [0.717, 1.165) is 23.6 Å². The molecule has 0 amide bonds. The molecule has 0 saturated heterocycles. The maximum Gasteiger partial charge on any atom is 0.181 e. The van der Waals surface area contributed by atoms with Crippen molar-refractivity contribution in [1.82, 2.24) is 15.2 Å². The second-order valence-electron chi connectivity index (χ2n) is 5.47. The number of benzene rings is 1. The van der Waals surface area contributed by atoms with Gasteiger partial charge >= 0.3 is 0 Å². The molecule has 0 aliphatic carbocycles. The van der Waals surface area contributed by atoms with Crippen LogP contribution in [0.1, 0.15) is 32.2 Å². The van der Waals surface area contributed by atoms with Crippen molar-refractivity contribution < 1.29 is 0 Å². The van der Waals surface area contributed by atoms with Gasteiger partial charge in [-0.15, -0.1) is 0 Å². The Bertz CT molecular complexity index is 505. The second kappa shape index (κ2) is 4.90. The minimum atomic E-state index is 0.169. The number of aromatic nitrogens is 3. The first-order chi connectivity index (χ1) is 8.50. The molecule has 0 aliphatic heterocycles. The standard InChI is InChI=1S/C14H20N4/c1-14(2,3)11-6-4-10(5-7-11)13-16-12(8-9-15)17-18-13/h4-7H,8-9,15H2,1-3H3,(H,16,17,18). The maximum absolute atomic E-state index is 5.49. The summed E-state index contributed by atoms with van der Waals surface area (Å²) in [4.78, 5) is 4.42. The lowest BCUT2D eigenvalue weighted by Gasteiger charge is -2.18. The first kappa shape index (κ1) is 12.8. The van der Waals surface area contributed by atoms with E-state index in [1.165, 1.54) is 5.56 Å². The van der Waals surface area contributed by atoms with Crippen LogP contribution in [0, 0.1) is 0 Å². The van der Waals surface area contributed by atoms with Crippen LogP contribution in [0.15, 0.2) is 24.3 Å². The lowest BCUT2D eigenvalue weighted by atomic mass is 9.87. The summed E-state index contributed by atoms with van der Waals surface area (Å²) < 4.78 is 0. The topological polar surface area (TPSA) is 67.6 Å². The Kier molecular flexibility index (Phi) is 3.48. The minimum absolute atomic E-state index is 0.169. The summed E-state index contributed by atoms with van der Waals surface area (Å²) in [7, 11) is 0. The monoisotopic (exact) mass is 244 g/mol. The summed E-state index contributed by atoms with van der Waals surface area (Å²) in [5.41, 5.74) is 8.00. The molecule has 4 nitrogen and oxygen atoms in total. The van der Waals surface area contributed by atoms with E-state index < -0.39 is 0 Å². The van der Waals surface area contributed by atoms with Crippen molar-refractivity contribution in [3.8, 4) is 11.4 Å². The third-order valence-electron chi connectivity index (χ3n) is 2.92. The van der Waals surface area contributed by atoms with Crippen molar-refractivity contribution in [1.29, 1.82) is 0 Å². The molecule has 0 fully saturated rings. The third kappa shape index (κ3) is 2.76. The highest BCUT2D eigenvalue weighted by molar-refractivity contribution is 5.55. The Morgan fingerprint density at radius 3 is 2.39 bits per heavy atom. The van der Waals surface area contributed by atoms with Crippen LogP contribution in [0.4, 0.5) is 0 Å². The molecule has 0 unspecified atom stereocenters. The van der Waals surface area contributed by atoms with Crippen molar-refractivity contribution in [2.45, 2.75) is 32.6 Å². The molecule has 3 N–H and O–H groups in total. The van der Waals surface area contributed by atoms with Crippen molar-refractivity contribution in [2.75, 3.05) is 6.54 Å². The van der Waals surface area contributed by atoms with Gasteiger partial charge in [0.15, 0.2) is 5.82 Å². The van der Waals surface area contributed by atoms with Crippen molar-refractivity contribution in [3.63, 3.8) is 0 Å². The summed E-state index contributed by atoms with van der Waals surface area (Å²) in [5, 5.41) is 7.11. The molecule has 4 heteroatoms. The van der Waals surface area contributed by atoms with Crippen LogP contribution in [0.3, 0.4) is 0 Å². The average molecular weight is 244 g/mol. The zero-order chi connectivity index (χ0) is 13.2. The number of nitrogens with two attached hydrogens (primary N) is 1. The number of H-pyrrole nitrogens is 1. The molecule has 96 valence electrons. The third-order valence-corrected chi connectivity index (χ3v) is 2.92. The largest absolute Gasteiger partial charge is 0.330 e. The van der Waals surface area contributed by atoms with E-state index in [1.54, 1.807) is 0 Å². The van der Waals surface area contributed by atoms with Gasteiger partial charge in [0, 0.05) is 12.0 Å². The Labute approximate surface area is 108 Å². The summed E-state index contributed by atoms with van der Waals surface area (Å²) in [6.45, 7) is 7.19. The number of aromatic amines is 1. The van der Waals surface area contributed by atoms with Gasteiger partial charge in [0.2, 0.25) is 0 Å². The number of nitrogens with one attached hydrogen (secondary N) is 1. The lowest BCUT2D eigenvalue weighted by Crippen LogP contribution is -2.10. The molecule has 0 aliphatic rings. The molecule has 2 rings (SSSR count). The van der Waals surface area contributed by atoms with Crippen LogP contribution >= 0.6 is 0 Å². The minimum Gasteiger partial charge on any atom is -0.330 e. The zero-order valence-electron chi connectivity index (χ0n) is 11.2. The van der Waals surface area contributed by atoms with Gasteiger partial charge < -0.3 is 5.73 Å². The molecule has 0 spiro atoms. The van der Waals surface area contributed by atoms with Gasteiger partial charge in [-0.3, -0.25) is 5.10 Å². The molecule has 2 aromatic rings. The smallest absolute Gasteiger partial charge is 0.181 e. The fourth-order valence-electron chi connectivity index (χ4n) is 1.79. The summed E-state index contributed by atoms with van der Waals surface area (Å²) >= 11 is 0. The molecular formula is C14H20N4. The van der Waals surface area contributed by atoms with Gasteiger partial charge in [-0.25, -0.2) is 4.98 Å². The highest BCUT2D eigenvalue weighted by atomic mass is 15.2. The van der Waals surface area contributed by atoms with Gasteiger partial charge in [-0.05, 0) is 17.5 Å². The number of rotatable bonds is 3. The molecular weight excluding hydrogens is 224 g/mol. The Hall–Kier alpha value is -1.68. The van der Waals surface area contributed by atoms with Crippen molar-refractivity contribution in [2.24, 2.45) is 5.73 Å². The number of hydrogen-bond acceptors (Lipinski definition) is 3. The van der Waals surface area contributed by atoms with E-state index in [9.17, 15) is 0 Å². The Morgan fingerprint density at radius 2 is 1.83 bits per heavy atom. The molecule has 18 heavy (non-hydrogen) atoms. The number of hydrogen-bond donors (Lipinski definition) is 2. The van der Waals surface area contributed by atoms with E-state index in [0.29, 0.717) is 6.54 Å². The first-order valence-corrected chi connectivity index (χ1v) is 6.23. The summed E-state index contributed by atoms with van der Waals surface area (Å²) in [5.74, 6) is 1.58. The van der Waals surface area contributed by atoms with Crippen molar-refractivity contribution in [3.05, 3.63) is 35.7 Å². The quantitative estimate of drug-likeness (QED) is 0.870. The zero-order valence-corrected chi connectivity index (χ0v) is 11.2. The second-order valence-corrected chi connectivity index (χ2v) is 5.47. The van der Waals surface area contributed by atoms with Gasteiger partial charge in [0.25, 0.3) is 0 Å². The molecule has 1 aromatic heterocycles. The van der Waals surface area contributed by atoms with Crippen molar-refractivity contribution >= 4 is 0 Å². The van der Waals surface area contributed by atoms with Crippen LogP contribution in [-0.2, 0) is 11.8 Å². The van der Waals surface area contributed by atoms with E-state index in [1.807, 2.05) is 0 Å². The van der Waals surface area contributed by atoms with Crippen LogP contribution in [-0.4, -0.2) is 21.7 Å². The van der Waals surface area contributed by atoms with Crippen LogP contribution in [0.25, 0.3) is 11.4 Å². The SMILES string of the molecule is CC(C)(C)c1ccc(-c2n[nH]c(CCN)n2)cc1. The van der Waals surface area contributed by atoms with E-state index in [-0.39, 0.29) is 5.41 Å². The maximum atomic E-state index is 5.49. The predicted molar refractivity (Wildman–Crippen MR) is 73.3 cm³/mol. The van der Waals surface area contributed by atoms with Gasteiger partial charge in [0.1, 0.15) is 5.82 Å². The van der Waals surface area contributed by atoms with Crippen LogP contribution < -0.4 is 5.73 Å².